The van der Waals surface area contributed by atoms with Crippen LogP contribution in [-0.2, 0) is 17.9 Å². The van der Waals surface area contributed by atoms with Gasteiger partial charge >= 0.3 is 5.69 Å². The van der Waals surface area contributed by atoms with Crippen LogP contribution in [0, 0.1) is 6.92 Å². The third-order valence-electron chi connectivity index (χ3n) is 4.90. The number of nitrogens with zero attached hydrogens (tertiary/aromatic N) is 2. The molecule has 2 aromatic carbocycles. The summed E-state index contributed by atoms with van der Waals surface area (Å²) < 4.78 is 4.66. The number of aliphatic carboxylic acids is 1. The molecule has 0 N–H and O–H groups in total. The Kier molecular flexibility index (Phi) is 4.58. The maximum Gasteiger partial charge on any atom is 0.329 e. The molecule has 0 fully saturated rings. The van der Waals surface area contributed by atoms with Gasteiger partial charge in [-0.15, -0.1) is 11.3 Å². The van der Waals surface area contributed by atoms with Gasteiger partial charge in [-0.1, -0.05) is 24.3 Å². The summed E-state index contributed by atoms with van der Waals surface area (Å²) in [6, 6.07) is 13.9. The number of carbonyl (C=O) groups is 1. The minimum atomic E-state index is -1.09. The molecule has 5 nitrogen and oxygen atoms in total. The monoisotopic (exact) mass is 379 g/mol. The first-order chi connectivity index (χ1) is 13.1. The second-order valence-corrected chi connectivity index (χ2v) is 7.60. The van der Waals surface area contributed by atoms with Gasteiger partial charge in [0.2, 0.25) is 0 Å². The smallest absolute Gasteiger partial charge is 0.329 e. The normalized spacial score (nSPS) is 11.4. The van der Waals surface area contributed by atoms with Crippen molar-refractivity contribution in [3.05, 3.63) is 69.5 Å². The lowest BCUT2D eigenvalue weighted by Crippen LogP contribution is -2.26. The minimum absolute atomic E-state index is 0.0552. The zero-order chi connectivity index (χ0) is 19.0. The van der Waals surface area contributed by atoms with Crippen molar-refractivity contribution in [1.29, 1.82) is 0 Å². The van der Waals surface area contributed by atoms with Crippen LogP contribution in [0.25, 0.3) is 21.1 Å². The fourth-order valence-corrected chi connectivity index (χ4v) is 4.68. The summed E-state index contributed by atoms with van der Waals surface area (Å²) in [4.78, 5) is 23.8. The van der Waals surface area contributed by atoms with E-state index in [2.05, 4.69) is 24.4 Å². The number of fused-ring (bicyclic) bond motifs is 2. The zero-order valence-corrected chi connectivity index (χ0v) is 15.8. The van der Waals surface area contributed by atoms with E-state index in [0.29, 0.717) is 19.5 Å². The lowest BCUT2D eigenvalue weighted by Gasteiger charge is -2.05. The van der Waals surface area contributed by atoms with Crippen LogP contribution in [0.1, 0.15) is 24.0 Å². The Labute approximate surface area is 160 Å². The third kappa shape index (κ3) is 3.17. The van der Waals surface area contributed by atoms with Crippen LogP contribution in [0.2, 0.25) is 0 Å². The standard InChI is InChI=1S/C21H20N2O3S/c1-14-6-4-9-18-20(14)15(13-27-18)12-23-17-8-3-2-7-16(17)22(21(23)26)11-5-10-19(24)25/h2-4,6-9,13H,5,10-12H2,1H3,(H,24,25)/p-1. The van der Waals surface area contributed by atoms with E-state index in [1.165, 1.54) is 15.6 Å². The minimum Gasteiger partial charge on any atom is -0.550 e. The molecule has 0 spiro atoms. The van der Waals surface area contributed by atoms with Crippen LogP contribution in [0.3, 0.4) is 0 Å². The summed E-state index contributed by atoms with van der Waals surface area (Å²) in [6.07, 6.45) is 0.317. The maximum atomic E-state index is 13.1. The van der Waals surface area contributed by atoms with Gasteiger partial charge in [-0.3, -0.25) is 9.13 Å². The molecule has 27 heavy (non-hydrogen) atoms. The molecule has 2 heterocycles. The topological polar surface area (TPSA) is 67.1 Å². The van der Waals surface area contributed by atoms with E-state index in [4.69, 9.17) is 0 Å². The van der Waals surface area contributed by atoms with Gasteiger partial charge in [-0.25, -0.2) is 4.79 Å². The van der Waals surface area contributed by atoms with E-state index < -0.39 is 5.97 Å². The van der Waals surface area contributed by atoms with E-state index in [1.807, 2.05) is 30.3 Å². The highest BCUT2D eigenvalue weighted by Crippen LogP contribution is 2.29. The van der Waals surface area contributed by atoms with Crippen molar-refractivity contribution in [3.8, 4) is 0 Å². The SMILES string of the molecule is Cc1cccc2scc(Cn3c(=O)n(CCCC(=O)[O-])c4ccccc43)c12. The molecule has 0 aliphatic heterocycles. The molecule has 0 atom stereocenters. The van der Waals surface area contributed by atoms with Crippen LogP contribution >= 0.6 is 11.3 Å². The highest BCUT2D eigenvalue weighted by molar-refractivity contribution is 7.17. The molecule has 4 aromatic rings. The summed E-state index contributed by atoms with van der Waals surface area (Å²) >= 11 is 1.69. The summed E-state index contributed by atoms with van der Waals surface area (Å²) in [6.45, 7) is 2.95. The summed E-state index contributed by atoms with van der Waals surface area (Å²) in [5.74, 6) is -1.09. The number of carbonyl (C=O) groups excluding carboxylic acids is 1. The number of carboxylic acid groups (broad SMARTS) is 1. The number of rotatable bonds is 6. The molecule has 0 radical (unpaired) electrons. The van der Waals surface area contributed by atoms with E-state index in [-0.39, 0.29) is 12.1 Å². The molecule has 0 bridgehead atoms. The fraction of sp³-hybridized carbons (Fsp3) is 0.238. The van der Waals surface area contributed by atoms with Crippen LogP contribution in [-0.4, -0.2) is 15.1 Å². The molecular formula is C21H19N2O3S-. The van der Waals surface area contributed by atoms with Gasteiger partial charge in [-0.2, -0.15) is 0 Å². The quantitative estimate of drug-likeness (QED) is 0.517. The zero-order valence-electron chi connectivity index (χ0n) is 15.0. The average Bonchev–Trinajstić information content (AvgIpc) is 3.17. The Morgan fingerprint density at radius 1 is 1.07 bits per heavy atom. The first-order valence-corrected chi connectivity index (χ1v) is 9.78. The molecule has 0 aliphatic carbocycles. The second-order valence-electron chi connectivity index (χ2n) is 6.69. The molecular weight excluding hydrogens is 360 g/mol. The third-order valence-corrected chi connectivity index (χ3v) is 5.90. The first-order valence-electron chi connectivity index (χ1n) is 8.90. The predicted octanol–water partition coefficient (Wildman–Crippen LogP) is 2.90. The van der Waals surface area contributed by atoms with Crippen molar-refractivity contribution >= 4 is 38.4 Å². The average molecular weight is 379 g/mol. The van der Waals surface area contributed by atoms with Gasteiger partial charge in [0.05, 0.1) is 17.6 Å². The molecule has 4 rings (SSSR count). The molecule has 2 aromatic heterocycles. The number of benzene rings is 2. The number of imidazole rings is 1. The molecule has 0 amide bonds. The Balaban J connectivity index is 1.78. The van der Waals surface area contributed by atoms with E-state index in [0.717, 1.165) is 16.6 Å². The lowest BCUT2D eigenvalue weighted by molar-refractivity contribution is -0.305. The van der Waals surface area contributed by atoms with Crippen LogP contribution in [0.15, 0.2) is 52.6 Å². The van der Waals surface area contributed by atoms with Crippen LogP contribution < -0.4 is 10.8 Å². The van der Waals surface area contributed by atoms with Gasteiger partial charge in [0.1, 0.15) is 0 Å². The number of para-hydroxylation sites is 2. The highest BCUT2D eigenvalue weighted by Gasteiger charge is 2.15. The molecule has 138 valence electrons. The Morgan fingerprint density at radius 3 is 2.56 bits per heavy atom. The summed E-state index contributed by atoms with van der Waals surface area (Å²) in [7, 11) is 0. The summed E-state index contributed by atoms with van der Waals surface area (Å²) in [5.41, 5.74) is 3.92. The number of thiophene rings is 1. The van der Waals surface area contributed by atoms with Crippen molar-refractivity contribution < 1.29 is 9.90 Å². The van der Waals surface area contributed by atoms with Gasteiger partial charge in [0.15, 0.2) is 0 Å². The van der Waals surface area contributed by atoms with Crippen molar-refractivity contribution in [2.24, 2.45) is 0 Å². The molecule has 0 saturated carbocycles. The van der Waals surface area contributed by atoms with Crippen molar-refractivity contribution in [2.75, 3.05) is 0 Å². The summed E-state index contributed by atoms with van der Waals surface area (Å²) in [5, 5.41) is 14.0. The maximum absolute atomic E-state index is 13.1. The van der Waals surface area contributed by atoms with Gasteiger partial charge in [0.25, 0.3) is 0 Å². The van der Waals surface area contributed by atoms with Crippen molar-refractivity contribution in [3.63, 3.8) is 0 Å². The van der Waals surface area contributed by atoms with E-state index in [9.17, 15) is 14.7 Å². The van der Waals surface area contributed by atoms with Crippen molar-refractivity contribution in [1.82, 2.24) is 9.13 Å². The number of aromatic nitrogens is 2. The Hall–Kier alpha value is -2.86. The highest BCUT2D eigenvalue weighted by atomic mass is 32.1. The Morgan fingerprint density at radius 2 is 1.81 bits per heavy atom. The fourth-order valence-electron chi connectivity index (χ4n) is 3.65. The lowest BCUT2D eigenvalue weighted by atomic mass is 10.1. The number of hydrogen-bond acceptors (Lipinski definition) is 4. The molecule has 6 heteroatoms. The number of aryl methyl sites for hydroxylation is 2. The largest absolute Gasteiger partial charge is 0.550 e. The van der Waals surface area contributed by atoms with Crippen LogP contribution in [0.5, 0.6) is 0 Å². The van der Waals surface area contributed by atoms with Gasteiger partial charge in [-0.05, 0) is 54.5 Å². The van der Waals surface area contributed by atoms with E-state index >= 15 is 0 Å². The van der Waals surface area contributed by atoms with Gasteiger partial charge < -0.3 is 9.90 Å². The predicted molar refractivity (Wildman–Crippen MR) is 106 cm³/mol. The first kappa shape index (κ1) is 17.5. The van der Waals surface area contributed by atoms with Crippen LogP contribution in [0.4, 0.5) is 0 Å². The molecule has 0 saturated heterocycles. The second kappa shape index (κ2) is 7.04. The Bertz CT molecular complexity index is 1200. The molecule has 0 aliphatic rings. The molecule has 0 unspecified atom stereocenters. The number of carboxylic acids is 1. The van der Waals surface area contributed by atoms with Gasteiger partial charge in [0, 0.05) is 22.6 Å². The van der Waals surface area contributed by atoms with E-state index in [1.54, 1.807) is 20.5 Å². The number of hydrogen-bond donors (Lipinski definition) is 0. The van der Waals surface area contributed by atoms with Crippen molar-refractivity contribution in [2.45, 2.75) is 32.9 Å².